The standard InChI is InChI=1S/C16H26BrNO2/c1-5-12(3)13(4)18-9-14(19)10-20-16-7-6-11(2)8-15(16)17/h6-8,12-14,18-19H,5,9-10H2,1-4H3. The molecule has 0 heterocycles. The van der Waals surface area contributed by atoms with Gasteiger partial charge in [0.2, 0.25) is 0 Å². The fraction of sp³-hybridized carbons (Fsp3) is 0.625. The monoisotopic (exact) mass is 343 g/mol. The van der Waals surface area contributed by atoms with E-state index in [-0.39, 0.29) is 0 Å². The molecule has 20 heavy (non-hydrogen) atoms. The van der Waals surface area contributed by atoms with Gasteiger partial charge in [-0.05, 0) is 53.4 Å². The highest BCUT2D eigenvalue weighted by molar-refractivity contribution is 9.10. The van der Waals surface area contributed by atoms with Gasteiger partial charge in [0.05, 0.1) is 4.47 Å². The molecular formula is C16H26BrNO2. The van der Waals surface area contributed by atoms with Crippen LogP contribution in [0.4, 0.5) is 0 Å². The molecule has 4 heteroatoms. The van der Waals surface area contributed by atoms with E-state index in [9.17, 15) is 5.11 Å². The van der Waals surface area contributed by atoms with Crippen LogP contribution in [0.1, 0.15) is 32.8 Å². The maximum absolute atomic E-state index is 9.96. The summed E-state index contributed by atoms with van der Waals surface area (Å²) >= 11 is 3.47. The Kier molecular flexibility index (Phi) is 7.56. The van der Waals surface area contributed by atoms with Crippen molar-refractivity contribution in [2.45, 2.75) is 46.3 Å². The van der Waals surface area contributed by atoms with Gasteiger partial charge >= 0.3 is 0 Å². The topological polar surface area (TPSA) is 41.5 Å². The molecule has 0 spiro atoms. The SMILES string of the molecule is CCC(C)C(C)NCC(O)COc1ccc(C)cc1Br. The van der Waals surface area contributed by atoms with Crippen LogP contribution in [0.3, 0.4) is 0 Å². The fourth-order valence-corrected chi connectivity index (χ4v) is 2.45. The Bertz CT molecular complexity index is 411. The number of aliphatic hydroxyl groups excluding tert-OH is 1. The van der Waals surface area contributed by atoms with Crippen LogP contribution in [0.2, 0.25) is 0 Å². The summed E-state index contributed by atoms with van der Waals surface area (Å²) in [5.74, 6) is 1.37. The predicted molar refractivity (Wildman–Crippen MR) is 87.3 cm³/mol. The van der Waals surface area contributed by atoms with Crippen molar-refractivity contribution in [3.8, 4) is 5.75 Å². The number of aliphatic hydroxyl groups is 1. The first kappa shape index (κ1) is 17.5. The van der Waals surface area contributed by atoms with Crippen molar-refractivity contribution in [2.24, 2.45) is 5.92 Å². The van der Waals surface area contributed by atoms with E-state index < -0.39 is 6.10 Å². The first-order chi connectivity index (χ1) is 9.43. The second kappa shape index (κ2) is 8.65. The van der Waals surface area contributed by atoms with Crippen LogP contribution in [0.15, 0.2) is 22.7 Å². The third kappa shape index (κ3) is 5.81. The molecule has 1 aromatic carbocycles. The van der Waals surface area contributed by atoms with Crippen molar-refractivity contribution in [1.29, 1.82) is 0 Å². The van der Waals surface area contributed by atoms with E-state index in [1.165, 1.54) is 5.56 Å². The van der Waals surface area contributed by atoms with Crippen LogP contribution in [-0.4, -0.2) is 30.4 Å². The summed E-state index contributed by atoms with van der Waals surface area (Å²) < 4.78 is 6.56. The quantitative estimate of drug-likeness (QED) is 0.758. The van der Waals surface area contributed by atoms with Crippen LogP contribution in [0.25, 0.3) is 0 Å². The summed E-state index contributed by atoms with van der Waals surface area (Å²) in [5, 5.41) is 13.3. The Hall–Kier alpha value is -0.580. The lowest BCUT2D eigenvalue weighted by molar-refractivity contribution is 0.101. The third-order valence-electron chi connectivity index (χ3n) is 3.69. The molecule has 0 fully saturated rings. The largest absolute Gasteiger partial charge is 0.490 e. The molecule has 114 valence electrons. The molecule has 3 unspecified atom stereocenters. The molecule has 3 nitrogen and oxygen atoms in total. The molecule has 3 atom stereocenters. The van der Waals surface area contributed by atoms with Gasteiger partial charge < -0.3 is 15.2 Å². The van der Waals surface area contributed by atoms with Gasteiger partial charge in [-0.25, -0.2) is 0 Å². The molecule has 1 aromatic rings. The average Bonchev–Trinajstić information content (AvgIpc) is 2.42. The number of benzene rings is 1. The second-order valence-corrected chi connectivity index (χ2v) is 6.34. The zero-order chi connectivity index (χ0) is 15.1. The number of ether oxygens (including phenoxy) is 1. The summed E-state index contributed by atoms with van der Waals surface area (Å²) in [7, 11) is 0. The molecule has 0 saturated heterocycles. The Balaban J connectivity index is 2.34. The molecule has 0 bridgehead atoms. The molecule has 0 aromatic heterocycles. The van der Waals surface area contributed by atoms with Crippen LogP contribution >= 0.6 is 15.9 Å². The van der Waals surface area contributed by atoms with Gasteiger partial charge in [0.1, 0.15) is 18.5 Å². The van der Waals surface area contributed by atoms with E-state index in [1.54, 1.807) is 0 Å². The predicted octanol–water partition coefficient (Wildman–Crippen LogP) is 3.52. The number of aryl methyl sites for hydroxylation is 1. The lowest BCUT2D eigenvalue weighted by Gasteiger charge is -2.22. The maximum Gasteiger partial charge on any atom is 0.133 e. The minimum absolute atomic E-state index is 0.294. The summed E-state index contributed by atoms with van der Waals surface area (Å²) in [5.41, 5.74) is 1.17. The minimum Gasteiger partial charge on any atom is -0.490 e. The molecule has 0 radical (unpaired) electrons. The van der Waals surface area contributed by atoms with E-state index in [4.69, 9.17) is 4.74 Å². The van der Waals surface area contributed by atoms with Gasteiger partial charge in [0, 0.05) is 12.6 Å². The highest BCUT2D eigenvalue weighted by Crippen LogP contribution is 2.25. The lowest BCUT2D eigenvalue weighted by atomic mass is 10.0. The van der Waals surface area contributed by atoms with Crippen molar-refractivity contribution in [1.82, 2.24) is 5.32 Å². The van der Waals surface area contributed by atoms with Crippen LogP contribution in [0, 0.1) is 12.8 Å². The van der Waals surface area contributed by atoms with Gasteiger partial charge in [-0.3, -0.25) is 0 Å². The van der Waals surface area contributed by atoms with Crippen molar-refractivity contribution in [3.63, 3.8) is 0 Å². The number of hydrogen-bond donors (Lipinski definition) is 2. The molecule has 0 aliphatic heterocycles. The molecule has 0 aliphatic carbocycles. The maximum atomic E-state index is 9.96. The van der Waals surface area contributed by atoms with Gasteiger partial charge in [-0.1, -0.05) is 26.3 Å². The van der Waals surface area contributed by atoms with Crippen molar-refractivity contribution in [3.05, 3.63) is 28.2 Å². The summed E-state index contributed by atoms with van der Waals surface area (Å²) in [6.45, 7) is 9.42. The highest BCUT2D eigenvalue weighted by Gasteiger charge is 2.12. The van der Waals surface area contributed by atoms with Crippen molar-refractivity contribution in [2.75, 3.05) is 13.2 Å². The van der Waals surface area contributed by atoms with Crippen LogP contribution < -0.4 is 10.1 Å². The average molecular weight is 344 g/mol. The molecule has 0 aliphatic rings. The van der Waals surface area contributed by atoms with Gasteiger partial charge in [-0.15, -0.1) is 0 Å². The van der Waals surface area contributed by atoms with E-state index >= 15 is 0 Å². The summed E-state index contributed by atoms with van der Waals surface area (Å²) in [6, 6.07) is 6.32. The van der Waals surface area contributed by atoms with Gasteiger partial charge in [-0.2, -0.15) is 0 Å². The Labute approximate surface area is 130 Å². The number of halogens is 1. The smallest absolute Gasteiger partial charge is 0.133 e. The number of nitrogens with one attached hydrogen (secondary N) is 1. The van der Waals surface area contributed by atoms with E-state index in [0.717, 1.165) is 16.6 Å². The lowest BCUT2D eigenvalue weighted by Crippen LogP contribution is -2.39. The van der Waals surface area contributed by atoms with Gasteiger partial charge in [0.15, 0.2) is 0 Å². The van der Waals surface area contributed by atoms with Crippen LogP contribution in [-0.2, 0) is 0 Å². The first-order valence-corrected chi connectivity index (χ1v) is 8.03. The fourth-order valence-electron chi connectivity index (χ4n) is 1.84. The molecule has 0 amide bonds. The minimum atomic E-state index is -0.505. The molecular weight excluding hydrogens is 318 g/mol. The summed E-state index contributed by atoms with van der Waals surface area (Å²) in [6.07, 6.45) is 0.631. The van der Waals surface area contributed by atoms with Gasteiger partial charge in [0.25, 0.3) is 0 Å². The Morgan fingerprint density at radius 3 is 2.65 bits per heavy atom. The first-order valence-electron chi connectivity index (χ1n) is 7.24. The number of hydrogen-bond acceptors (Lipinski definition) is 3. The molecule has 2 N–H and O–H groups in total. The van der Waals surface area contributed by atoms with Crippen molar-refractivity contribution >= 4 is 15.9 Å². The molecule has 1 rings (SSSR count). The van der Waals surface area contributed by atoms with E-state index in [2.05, 4.69) is 42.0 Å². The Morgan fingerprint density at radius 1 is 1.35 bits per heavy atom. The summed E-state index contributed by atoms with van der Waals surface area (Å²) in [4.78, 5) is 0. The van der Waals surface area contributed by atoms with E-state index in [1.807, 2.05) is 25.1 Å². The molecule has 0 saturated carbocycles. The number of rotatable bonds is 8. The Morgan fingerprint density at radius 2 is 2.05 bits per heavy atom. The normalized spacial score (nSPS) is 15.7. The van der Waals surface area contributed by atoms with Crippen LogP contribution in [0.5, 0.6) is 5.75 Å². The zero-order valence-electron chi connectivity index (χ0n) is 12.8. The second-order valence-electron chi connectivity index (χ2n) is 5.48. The third-order valence-corrected chi connectivity index (χ3v) is 4.31. The van der Waals surface area contributed by atoms with Crippen molar-refractivity contribution < 1.29 is 9.84 Å². The van der Waals surface area contributed by atoms with E-state index in [0.29, 0.717) is 25.1 Å². The highest BCUT2D eigenvalue weighted by atomic mass is 79.9. The zero-order valence-corrected chi connectivity index (χ0v) is 14.4.